The van der Waals surface area contributed by atoms with Gasteiger partial charge in [-0.3, -0.25) is 15.0 Å². The standard InChI is InChI=1S/C18H21N3O5/c1-10-11(2)26-17(15(10)7-19)20-16(22)9-21(4)8-13-6-14(12(3)25-13)18(23)24-5/h6H,8-9H2,1-5H3,(H,20,22). The summed E-state index contributed by atoms with van der Waals surface area (Å²) in [6.45, 7) is 5.55. The fourth-order valence-electron chi connectivity index (χ4n) is 2.52. The number of carbonyl (C=O) groups is 2. The Bertz CT molecular complexity index is 872. The Morgan fingerprint density at radius 2 is 1.96 bits per heavy atom. The second kappa shape index (κ2) is 7.89. The molecule has 8 nitrogen and oxygen atoms in total. The first-order chi connectivity index (χ1) is 12.3. The first kappa shape index (κ1) is 19.3. The molecule has 0 spiro atoms. The number of furan rings is 2. The lowest BCUT2D eigenvalue weighted by atomic mass is 10.2. The van der Waals surface area contributed by atoms with Crippen LogP contribution >= 0.6 is 0 Å². The molecule has 0 radical (unpaired) electrons. The van der Waals surface area contributed by atoms with E-state index in [9.17, 15) is 14.9 Å². The number of nitrogens with one attached hydrogen (secondary N) is 1. The highest BCUT2D eigenvalue weighted by Gasteiger charge is 2.19. The maximum Gasteiger partial charge on any atom is 0.341 e. The Morgan fingerprint density at radius 1 is 1.27 bits per heavy atom. The van der Waals surface area contributed by atoms with Crippen molar-refractivity contribution in [2.24, 2.45) is 0 Å². The van der Waals surface area contributed by atoms with E-state index in [2.05, 4.69) is 10.1 Å². The van der Waals surface area contributed by atoms with Gasteiger partial charge in [-0.15, -0.1) is 0 Å². The normalized spacial score (nSPS) is 10.7. The summed E-state index contributed by atoms with van der Waals surface area (Å²) in [6.07, 6.45) is 0. The number of methoxy groups -OCH3 is 1. The molecule has 0 saturated heterocycles. The molecule has 1 N–H and O–H groups in total. The number of nitriles is 1. The zero-order valence-corrected chi connectivity index (χ0v) is 15.4. The highest BCUT2D eigenvalue weighted by Crippen LogP contribution is 2.25. The third-order valence-corrected chi connectivity index (χ3v) is 3.96. The number of hydrogen-bond acceptors (Lipinski definition) is 7. The third kappa shape index (κ3) is 4.13. The minimum absolute atomic E-state index is 0.0525. The van der Waals surface area contributed by atoms with Crippen molar-refractivity contribution in [3.8, 4) is 6.07 Å². The average Bonchev–Trinajstić information content (AvgIpc) is 3.06. The molecule has 1 amide bonds. The van der Waals surface area contributed by atoms with Crippen LogP contribution in [-0.4, -0.2) is 37.5 Å². The molecule has 2 aromatic rings. The van der Waals surface area contributed by atoms with Gasteiger partial charge in [-0.1, -0.05) is 0 Å². The lowest BCUT2D eigenvalue weighted by Crippen LogP contribution is -2.29. The summed E-state index contributed by atoms with van der Waals surface area (Å²) in [4.78, 5) is 25.5. The monoisotopic (exact) mass is 359 g/mol. The van der Waals surface area contributed by atoms with E-state index in [1.807, 2.05) is 6.07 Å². The van der Waals surface area contributed by atoms with Crippen LogP contribution in [0.5, 0.6) is 0 Å². The minimum Gasteiger partial charge on any atom is -0.465 e. The van der Waals surface area contributed by atoms with Gasteiger partial charge >= 0.3 is 5.97 Å². The summed E-state index contributed by atoms with van der Waals surface area (Å²) in [6, 6.07) is 3.63. The van der Waals surface area contributed by atoms with Crippen LogP contribution in [0.4, 0.5) is 5.88 Å². The van der Waals surface area contributed by atoms with E-state index in [0.717, 1.165) is 0 Å². The molecule has 26 heavy (non-hydrogen) atoms. The number of carbonyl (C=O) groups excluding carboxylic acids is 2. The summed E-state index contributed by atoms with van der Waals surface area (Å²) in [7, 11) is 3.04. The number of likely N-dealkylation sites (N-methyl/N-ethyl adjacent to an activating group) is 1. The quantitative estimate of drug-likeness (QED) is 0.789. The molecule has 0 fully saturated rings. The van der Waals surface area contributed by atoms with Crippen molar-refractivity contribution in [3.63, 3.8) is 0 Å². The molecule has 0 aliphatic carbocycles. The number of anilines is 1. The maximum atomic E-state index is 12.2. The van der Waals surface area contributed by atoms with Gasteiger partial charge in [-0.25, -0.2) is 4.79 Å². The number of aryl methyl sites for hydroxylation is 2. The van der Waals surface area contributed by atoms with Gasteiger partial charge in [0.25, 0.3) is 0 Å². The first-order valence-electron chi connectivity index (χ1n) is 7.92. The van der Waals surface area contributed by atoms with Gasteiger partial charge in [0.1, 0.15) is 34.5 Å². The summed E-state index contributed by atoms with van der Waals surface area (Å²) in [5, 5.41) is 11.8. The van der Waals surface area contributed by atoms with Crippen LogP contribution < -0.4 is 5.32 Å². The van der Waals surface area contributed by atoms with Crippen LogP contribution in [0.2, 0.25) is 0 Å². The fourth-order valence-corrected chi connectivity index (χ4v) is 2.52. The topological polar surface area (TPSA) is 109 Å². The average molecular weight is 359 g/mol. The molecule has 0 saturated carbocycles. The van der Waals surface area contributed by atoms with E-state index < -0.39 is 5.97 Å². The Labute approximate surface area is 151 Å². The maximum absolute atomic E-state index is 12.2. The van der Waals surface area contributed by atoms with Crippen LogP contribution in [0.25, 0.3) is 0 Å². The molecule has 2 heterocycles. The summed E-state index contributed by atoms with van der Waals surface area (Å²) < 4.78 is 15.6. The molecular weight excluding hydrogens is 338 g/mol. The van der Waals surface area contributed by atoms with E-state index >= 15 is 0 Å². The van der Waals surface area contributed by atoms with Gasteiger partial charge in [-0.2, -0.15) is 5.26 Å². The highest BCUT2D eigenvalue weighted by molar-refractivity contribution is 5.92. The largest absolute Gasteiger partial charge is 0.465 e. The van der Waals surface area contributed by atoms with Crippen molar-refractivity contribution in [1.82, 2.24) is 4.90 Å². The van der Waals surface area contributed by atoms with Gasteiger partial charge in [-0.05, 0) is 33.9 Å². The van der Waals surface area contributed by atoms with Crippen LogP contribution in [0.1, 0.15) is 38.8 Å². The molecule has 0 bridgehead atoms. The Hall–Kier alpha value is -3.05. The lowest BCUT2D eigenvalue weighted by molar-refractivity contribution is -0.117. The molecule has 8 heteroatoms. The minimum atomic E-state index is -0.467. The Balaban J connectivity index is 1.99. The Morgan fingerprint density at radius 3 is 2.58 bits per heavy atom. The Kier molecular flexibility index (Phi) is 5.85. The summed E-state index contributed by atoms with van der Waals surface area (Å²) in [5.74, 6) is 0.958. The summed E-state index contributed by atoms with van der Waals surface area (Å²) in [5.41, 5.74) is 1.39. The number of hydrogen-bond donors (Lipinski definition) is 1. The zero-order chi connectivity index (χ0) is 19.4. The molecule has 0 aliphatic heterocycles. The lowest BCUT2D eigenvalue weighted by Gasteiger charge is -2.14. The number of esters is 1. The smallest absolute Gasteiger partial charge is 0.341 e. The first-order valence-corrected chi connectivity index (χ1v) is 7.92. The van der Waals surface area contributed by atoms with Crippen LogP contribution in [0, 0.1) is 32.1 Å². The van der Waals surface area contributed by atoms with Gasteiger partial charge < -0.3 is 13.6 Å². The molecular formula is C18H21N3O5. The van der Waals surface area contributed by atoms with E-state index in [-0.39, 0.29) is 18.3 Å². The molecule has 2 aromatic heterocycles. The van der Waals surface area contributed by atoms with Crippen molar-refractivity contribution in [2.45, 2.75) is 27.3 Å². The van der Waals surface area contributed by atoms with Crippen molar-refractivity contribution in [3.05, 3.63) is 40.0 Å². The molecule has 0 aromatic carbocycles. The fraction of sp³-hybridized carbons (Fsp3) is 0.389. The molecule has 0 atom stereocenters. The molecule has 0 aliphatic rings. The van der Waals surface area contributed by atoms with Crippen molar-refractivity contribution < 1.29 is 23.2 Å². The SMILES string of the molecule is COC(=O)c1cc(CN(C)CC(=O)Nc2oc(C)c(C)c2C#N)oc1C. The van der Waals surface area contributed by atoms with Crippen LogP contribution in [0.15, 0.2) is 14.9 Å². The zero-order valence-electron chi connectivity index (χ0n) is 15.4. The number of ether oxygens (including phenoxy) is 1. The van der Waals surface area contributed by atoms with Crippen LogP contribution in [-0.2, 0) is 16.1 Å². The molecule has 138 valence electrons. The van der Waals surface area contributed by atoms with Crippen LogP contribution in [0.3, 0.4) is 0 Å². The van der Waals surface area contributed by atoms with Gasteiger partial charge in [0.15, 0.2) is 0 Å². The van der Waals surface area contributed by atoms with Crippen molar-refractivity contribution in [1.29, 1.82) is 5.26 Å². The second-order valence-corrected chi connectivity index (χ2v) is 5.99. The number of rotatable bonds is 6. The number of amides is 1. The van der Waals surface area contributed by atoms with E-state index in [4.69, 9.17) is 8.83 Å². The second-order valence-electron chi connectivity index (χ2n) is 5.99. The van der Waals surface area contributed by atoms with E-state index in [0.29, 0.717) is 40.5 Å². The van der Waals surface area contributed by atoms with Gasteiger partial charge in [0, 0.05) is 5.56 Å². The molecule has 2 rings (SSSR count). The van der Waals surface area contributed by atoms with E-state index in [1.54, 1.807) is 38.8 Å². The van der Waals surface area contributed by atoms with E-state index in [1.165, 1.54) is 7.11 Å². The highest BCUT2D eigenvalue weighted by atomic mass is 16.5. The van der Waals surface area contributed by atoms with Crippen molar-refractivity contribution >= 4 is 17.8 Å². The third-order valence-electron chi connectivity index (χ3n) is 3.96. The van der Waals surface area contributed by atoms with Gasteiger partial charge in [0.05, 0.1) is 20.2 Å². The molecule has 0 unspecified atom stereocenters. The van der Waals surface area contributed by atoms with Crippen molar-refractivity contribution in [2.75, 3.05) is 26.0 Å². The predicted molar refractivity (Wildman–Crippen MR) is 92.6 cm³/mol. The summed E-state index contributed by atoms with van der Waals surface area (Å²) >= 11 is 0. The number of nitrogens with zero attached hydrogens (tertiary/aromatic N) is 2. The predicted octanol–water partition coefficient (Wildman–Crippen LogP) is 2.53. The van der Waals surface area contributed by atoms with Gasteiger partial charge in [0.2, 0.25) is 11.8 Å².